The van der Waals surface area contributed by atoms with Crippen LogP contribution in [0, 0.1) is 0 Å². The van der Waals surface area contributed by atoms with Crippen LogP contribution in [-0.4, -0.2) is 19.1 Å². The summed E-state index contributed by atoms with van der Waals surface area (Å²) >= 11 is 0. The third-order valence-electron chi connectivity index (χ3n) is 12.9. The summed E-state index contributed by atoms with van der Waals surface area (Å²) in [5.74, 6) is 0.561. The van der Waals surface area contributed by atoms with Crippen molar-refractivity contribution in [2.45, 2.75) is 0 Å². The Kier molecular flexibility index (Phi) is 7.30. The van der Waals surface area contributed by atoms with Crippen LogP contribution in [0.5, 0.6) is 0 Å². The van der Waals surface area contributed by atoms with E-state index in [2.05, 4.69) is 185 Å². The van der Waals surface area contributed by atoms with E-state index in [0.29, 0.717) is 5.82 Å². The third-order valence-corrected chi connectivity index (χ3v) is 12.9. The average molecular weight is 819 g/mol. The van der Waals surface area contributed by atoms with Crippen LogP contribution in [0.15, 0.2) is 215 Å². The van der Waals surface area contributed by atoms with Crippen LogP contribution in [0.1, 0.15) is 0 Å². The Labute approximate surface area is 365 Å². The van der Waals surface area contributed by atoms with E-state index in [-0.39, 0.29) is 0 Å². The van der Waals surface area contributed by atoms with Gasteiger partial charge in [0.05, 0.1) is 39.0 Å². The zero-order valence-electron chi connectivity index (χ0n) is 34.2. The van der Waals surface area contributed by atoms with Gasteiger partial charge in [0.15, 0.2) is 5.82 Å². The number of para-hydroxylation sites is 8. The van der Waals surface area contributed by atoms with E-state index < -0.39 is 0 Å². The summed E-state index contributed by atoms with van der Waals surface area (Å²) < 4.78 is 18.1. The monoisotopic (exact) mass is 818 g/mol. The van der Waals surface area contributed by atoms with Crippen molar-refractivity contribution in [2.24, 2.45) is 0 Å². The van der Waals surface area contributed by atoms with Gasteiger partial charge in [0.1, 0.15) is 22.3 Å². The normalized spacial score (nSPS) is 12.1. The van der Waals surface area contributed by atoms with Gasteiger partial charge < -0.3 is 18.0 Å². The molecule has 6 heteroatoms. The minimum absolute atomic E-state index is 0.561. The Hall–Kier alpha value is -8.74. The number of nitrogens with zero attached hydrogens (tertiary/aromatic N) is 4. The summed E-state index contributed by atoms with van der Waals surface area (Å²) in [5.41, 5.74) is 13.9. The van der Waals surface area contributed by atoms with Crippen molar-refractivity contribution in [1.82, 2.24) is 19.1 Å². The van der Waals surface area contributed by atoms with E-state index in [1.807, 2.05) is 30.3 Å². The molecule has 0 N–H and O–H groups in total. The molecule has 298 valence electrons. The Balaban J connectivity index is 1.10. The maximum atomic E-state index is 6.65. The summed E-state index contributed by atoms with van der Waals surface area (Å²) in [6.45, 7) is 0. The Bertz CT molecular complexity index is 3850. The van der Waals surface area contributed by atoms with Crippen LogP contribution in [0.25, 0.3) is 133 Å². The highest BCUT2D eigenvalue weighted by Crippen LogP contribution is 2.42. The molecule has 0 aliphatic rings. The number of hydrogen-bond donors (Lipinski definition) is 0. The summed E-state index contributed by atoms with van der Waals surface area (Å²) in [5, 5.41) is 8.98. The molecule has 0 saturated carbocycles. The first-order valence-electron chi connectivity index (χ1n) is 21.6. The summed E-state index contributed by atoms with van der Waals surface area (Å²) in [6, 6.07) is 72.6. The summed E-state index contributed by atoms with van der Waals surface area (Å²) in [4.78, 5) is 10.9. The molecule has 0 saturated heterocycles. The standard InChI is InChI=1S/C58H34N4O2/c1-7-25-50-38(15-1)39-16-2-8-26-51(39)61(50)36-31-35(32-37(33-36)62-52-27-9-3-17-40(52)41-18-4-10-28-53(41)62)48-34-49(46-23-13-21-44-42-19-5-11-29-54(42)63-56(44)46)60-58(59-48)47-24-14-22-45-43-20-6-12-30-55(43)64-57(45)47/h1-34H. The van der Waals surface area contributed by atoms with Crippen LogP contribution in [0.2, 0.25) is 0 Å². The van der Waals surface area contributed by atoms with Crippen molar-refractivity contribution in [2.75, 3.05) is 0 Å². The van der Waals surface area contributed by atoms with E-state index in [0.717, 1.165) is 105 Å². The number of furan rings is 2. The van der Waals surface area contributed by atoms with Gasteiger partial charge in [-0.15, -0.1) is 0 Å². The molecule has 0 aliphatic carbocycles. The number of aromatic nitrogens is 4. The molecular formula is C58H34N4O2. The first-order chi connectivity index (χ1) is 31.7. The molecule has 5 aromatic heterocycles. The minimum Gasteiger partial charge on any atom is -0.455 e. The topological polar surface area (TPSA) is 61.9 Å². The van der Waals surface area contributed by atoms with Crippen molar-refractivity contribution in [3.05, 3.63) is 206 Å². The van der Waals surface area contributed by atoms with E-state index in [1.165, 1.54) is 21.5 Å². The highest BCUT2D eigenvalue weighted by molar-refractivity contribution is 6.13. The van der Waals surface area contributed by atoms with Gasteiger partial charge in [0.25, 0.3) is 0 Å². The average Bonchev–Trinajstić information content (AvgIpc) is 4.12. The van der Waals surface area contributed by atoms with E-state index in [4.69, 9.17) is 18.8 Å². The van der Waals surface area contributed by atoms with Crippen LogP contribution in [-0.2, 0) is 0 Å². The Morgan fingerprint density at radius 3 is 1.20 bits per heavy atom. The Morgan fingerprint density at radius 2 is 0.703 bits per heavy atom. The number of rotatable bonds is 5. The van der Waals surface area contributed by atoms with Crippen molar-refractivity contribution < 1.29 is 8.83 Å². The van der Waals surface area contributed by atoms with Gasteiger partial charge in [-0.1, -0.05) is 133 Å². The lowest BCUT2D eigenvalue weighted by Gasteiger charge is -2.16. The predicted molar refractivity (Wildman–Crippen MR) is 262 cm³/mol. The van der Waals surface area contributed by atoms with E-state index in [1.54, 1.807) is 0 Å². The zero-order chi connectivity index (χ0) is 41.9. The molecule has 14 rings (SSSR count). The van der Waals surface area contributed by atoms with Crippen molar-refractivity contribution in [1.29, 1.82) is 0 Å². The molecule has 14 aromatic rings. The van der Waals surface area contributed by atoms with Gasteiger partial charge >= 0.3 is 0 Å². The van der Waals surface area contributed by atoms with Gasteiger partial charge in [0.2, 0.25) is 0 Å². The minimum atomic E-state index is 0.561. The quantitative estimate of drug-likeness (QED) is 0.174. The number of fused-ring (bicyclic) bond motifs is 12. The lowest BCUT2D eigenvalue weighted by atomic mass is 10.0. The van der Waals surface area contributed by atoms with Gasteiger partial charge in [-0.05, 0) is 72.8 Å². The van der Waals surface area contributed by atoms with E-state index in [9.17, 15) is 0 Å². The molecule has 0 atom stereocenters. The predicted octanol–water partition coefficient (Wildman–Crippen LogP) is 15.5. The van der Waals surface area contributed by atoms with Crippen LogP contribution in [0.3, 0.4) is 0 Å². The lowest BCUT2D eigenvalue weighted by molar-refractivity contribution is 0.669. The SMILES string of the molecule is c1ccc2c(c1)oc1c(-c3cc(-c4cc(-n5c6ccccc6c6ccccc65)cc(-n5c6ccccc6c6ccccc65)c4)nc(-c4cccc5c4oc4ccccc45)n3)cccc12. The zero-order valence-corrected chi connectivity index (χ0v) is 34.2. The molecular weight excluding hydrogens is 785 g/mol. The molecule has 0 aliphatic heterocycles. The summed E-state index contributed by atoms with van der Waals surface area (Å²) in [6.07, 6.45) is 0. The second-order valence-corrected chi connectivity index (χ2v) is 16.5. The molecule has 0 fully saturated rings. The molecule has 0 unspecified atom stereocenters. The van der Waals surface area contributed by atoms with Gasteiger partial charge in [0, 0.05) is 65.6 Å². The van der Waals surface area contributed by atoms with Crippen molar-refractivity contribution >= 4 is 87.5 Å². The molecule has 0 radical (unpaired) electrons. The number of benzene rings is 9. The maximum absolute atomic E-state index is 6.65. The largest absolute Gasteiger partial charge is 0.455 e. The molecule has 0 bridgehead atoms. The molecule has 64 heavy (non-hydrogen) atoms. The third kappa shape index (κ3) is 5.08. The highest BCUT2D eigenvalue weighted by atomic mass is 16.3. The first-order valence-corrected chi connectivity index (χ1v) is 21.6. The Morgan fingerprint density at radius 1 is 0.312 bits per heavy atom. The van der Waals surface area contributed by atoms with Crippen LogP contribution in [0.4, 0.5) is 0 Å². The van der Waals surface area contributed by atoms with Gasteiger partial charge in [-0.3, -0.25) is 0 Å². The fourth-order valence-electron chi connectivity index (χ4n) is 10.1. The molecule has 0 amide bonds. The fraction of sp³-hybridized carbons (Fsp3) is 0. The second kappa shape index (κ2) is 13.4. The molecule has 5 heterocycles. The van der Waals surface area contributed by atoms with Crippen molar-refractivity contribution in [3.8, 4) is 45.3 Å². The van der Waals surface area contributed by atoms with Crippen LogP contribution < -0.4 is 0 Å². The van der Waals surface area contributed by atoms with E-state index >= 15 is 0 Å². The second-order valence-electron chi connectivity index (χ2n) is 16.5. The smallest absolute Gasteiger partial charge is 0.164 e. The highest BCUT2D eigenvalue weighted by Gasteiger charge is 2.22. The maximum Gasteiger partial charge on any atom is 0.164 e. The van der Waals surface area contributed by atoms with Crippen molar-refractivity contribution in [3.63, 3.8) is 0 Å². The fourth-order valence-corrected chi connectivity index (χ4v) is 10.1. The molecule has 0 spiro atoms. The van der Waals surface area contributed by atoms with Gasteiger partial charge in [-0.2, -0.15) is 0 Å². The molecule has 6 nitrogen and oxygen atoms in total. The molecule has 9 aromatic carbocycles. The lowest BCUT2D eigenvalue weighted by Crippen LogP contribution is -2.02. The number of hydrogen-bond acceptors (Lipinski definition) is 4. The first kappa shape index (κ1) is 34.9. The summed E-state index contributed by atoms with van der Waals surface area (Å²) in [7, 11) is 0. The van der Waals surface area contributed by atoms with Gasteiger partial charge in [-0.25, -0.2) is 9.97 Å². The van der Waals surface area contributed by atoms with Crippen LogP contribution >= 0.6 is 0 Å².